The standard InChI is InChI=1S/C12H8N2O2/c15-9-14-12-11(7-4-8-13-12)16-10-5-2-1-3-6-10/h1-8H. The normalized spacial score (nSPS) is 9.25. The zero-order valence-electron chi connectivity index (χ0n) is 8.33. The Bertz CT molecular complexity index is 520. The fourth-order valence-corrected chi connectivity index (χ4v) is 1.20. The van der Waals surface area contributed by atoms with Gasteiger partial charge < -0.3 is 4.74 Å². The number of carbonyl (C=O) groups excluding carboxylic acids is 1. The molecular weight excluding hydrogens is 204 g/mol. The molecule has 0 amide bonds. The first-order valence-corrected chi connectivity index (χ1v) is 4.66. The summed E-state index contributed by atoms with van der Waals surface area (Å²) in [6, 6.07) is 12.6. The van der Waals surface area contributed by atoms with E-state index >= 15 is 0 Å². The molecule has 0 saturated carbocycles. The molecule has 4 heteroatoms. The smallest absolute Gasteiger partial charge is 0.242 e. The first-order valence-electron chi connectivity index (χ1n) is 4.66. The van der Waals surface area contributed by atoms with E-state index in [0.717, 1.165) is 0 Å². The number of aromatic nitrogens is 1. The molecule has 0 radical (unpaired) electrons. The van der Waals surface area contributed by atoms with Gasteiger partial charge in [-0.3, -0.25) is 0 Å². The lowest BCUT2D eigenvalue weighted by molar-refractivity contribution is 0.481. The zero-order chi connectivity index (χ0) is 11.2. The molecule has 1 heterocycles. The average molecular weight is 212 g/mol. The number of hydrogen-bond donors (Lipinski definition) is 0. The highest BCUT2D eigenvalue weighted by molar-refractivity contribution is 5.53. The van der Waals surface area contributed by atoms with Crippen LogP contribution in [0.15, 0.2) is 53.7 Å². The van der Waals surface area contributed by atoms with Crippen molar-refractivity contribution in [2.24, 2.45) is 4.99 Å². The van der Waals surface area contributed by atoms with Gasteiger partial charge in [0.2, 0.25) is 11.9 Å². The molecule has 0 spiro atoms. The van der Waals surface area contributed by atoms with Crippen LogP contribution in [0.4, 0.5) is 5.82 Å². The second kappa shape index (κ2) is 4.87. The number of benzene rings is 1. The van der Waals surface area contributed by atoms with Gasteiger partial charge in [-0.2, -0.15) is 0 Å². The summed E-state index contributed by atoms with van der Waals surface area (Å²) in [5.74, 6) is 1.32. The minimum absolute atomic E-state index is 0.223. The van der Waals surface area contributed by atoms with Gasteiger partial charge in [-0.25, -0.2) is 9.78 Å². The monoisotopic (exact) mass is 212 g/mol. The van der Waals surface area contributed by atoms with Crippen LogP contribution in [0.2, 0.25) is 0 Å². The maximum Gasteiger partial charge on any atom is 0.242 e. The molecule has 4 nitrogen and oxygen atoms in total. The molecule has 0 atom stereocenters. The summed E-state index contributed by atoms with van der Waals surface area (Å²) < 4.78 is 5.53. The number of hydrogen-bond acceptors (Lipinski definition) is 4. The number of rotatable bonds is 3. The zero-order valence-corrected chi connectivity index (χ0v) is 8.33. The lowest BCUT2D eigenvalue weighted by Crippen LogP contribution is -1.85. The van der Waals surface area contributed by atoms with Crippen LogP contribution >= 0.6 is 0 Å². The quantitative estimate of drug-likeness (QED) is 0.580. The van der Waals surface area contributed by atoms with Crippen LogP contribution in [-0.2, 0) is 4.79 Å². The van der Waals surface area contributed by atoms with Crippen molar-refractivity contribution in [2.75, 3.05) is 0 Å². The first-order chi connectivity index (χ1) is 7.90. The van der Waals surface area contributed by atoms with Crippen LogP contribution in [0, 0.1) is 0 Å². The second-order valence-electron chi connectivity index (χ2n) is 2.94. The van der Waals surface area contributed by atoms with Gasteiger partial charge in [-0.15, -0.1) is 4.99 Å². The average Bonchev–Trinajstić information content (AvgIpc) is 2.33. The van der Waals surface area contributed by atoms with Crippen molar-refractivity contribution in [3.63, 3.8) is 0 Å². The van der Waals surface area contributed by atoms with Crippen LogP contribution in [0.3, 0.4) is 0 Å². The highest BCUT2D eigenvalue weighted by atomic mass is 16.5. The summed E-state index contributed by atoms with van der Waals surface area (Å²) in [6.45, 7) is 0. The Morgan fingerprint density at radius 3 is 2.69 bits per heavy atom. The van der Waals surface area contributed by atoms with E-state index in [1.54, 1.807) is 24.3 Å². The number of para-hydroxylation sites is 1. The van der Waals surface area contributed by atoms with Crippen LogP contribution in [0.25, 0.3) is 0 Å². The lowest BCUT2D eigenvalue weighted by Gasteiger charge is -2.05. The van der Waals surface area contributed by atoms with E-state index in [1.165, 1.54) is 12.3 Å². The molecule has 16 heavy (non-hydrogen) atoms. The van der Waals surface area contributed by atoms with Gasteiger partial charge in [0.05, 0.1) is 0 Å². The van der Waals surface area contributed by atoms with E-state index in [-0.39, 0.29) is 5.82 Å². The highest BCUT2D eigenvalue weighted by Crippen LogP contribution is 2.28. The van der Waals surface area contributed by atoms with E-state index in [1.807, 2.05) is 18.2 Å². The van der Waals surface area contributed by atoms with Crippen LogP contribution in [0.1, 0.15) is 0 Å². The fourth-order valence-electron chi connectivity index (χ4n) is 1.20. The molecule has 0 aliphatic heterocycles. The third kappa shape index (κ3) is 2.32. The Balaban J connectivity index is 2.31. The maximum absolute atomic E-state index is 10.2. The largest absolute Gasteiger partial charge is 0.453 e. The van der Waals surface area contributed by atoms with E-state index in [0.29, 0.717) is 11.5 Å². The molecule has 0 saturated heterocycles. The van der Waals surface area contributed by atoms with E-state index in [4.69, 9.17) is 4.74 Å². The van der Waals surface area contributed by atoms with Gasteiger partial charge in [0.25, 0.3) is 0 Å². The number of pyridine rings is 1. The van der Waals surface area contributed by atoms with Gasteiger partial charge in [0, 0.05) is 6.20 Å². The van der Waals surface area contributed by atoms with Gasteiger partial charge in [-0.05, 0) is 24.3 Å². The molecule has 1 aromatic heterocycles. The van der Waals surface area contributed by atoms with Crippen molar-refractivity contribution in [1.82, 2.24) is 4.98 Å². The minimum Gasteiger partial charge on any atom is -0.453 e. The van der Waals surface area contributed by atoms with Crippen molar-refractivity contribution in [3.05, 3.63) is 48.7 Å². The molecule has 0 unspecified atom stereocenters. The molecular formula is C12H8N2O2. The van der Waals surface area contributed by atoms with Crippen molar-refractivity contribution in [1.29, 1.82) is 0 Å². The Morgan fingerprint density at radius 2 is 1.94 bits per heavy atom. The molecule has 0 fully saturated rings. The van der Waals surface area contributed by atoms with Crippen molar-refractivity contribution >= 4 is 11.9 Å². The molecule has 0 N–H and O–H groups in total. The topological polar surface area (TPSA) is 51.5 Å². The van der Waals surface area contributed by atoms with E-state index in [9.17, 15) is 4.79 Å². The third-order valence-corrected chi connectivity index (χ3v) is 1.87. The van der Waals surface area contributed by atoms with Crippen LogP contribution in [-0.4, -0.2) is 11.1 Å². The Hall–Kier alpha value is -2.45. The van der Waals surface area contributed by atoms with Crippen LogP contribution in [0.5, 0.6) is 11.5 Å². The van der Waals surface area contributed by atoms with Crippen molar-refractivity contribution in [3.8, 4) is 11.5 Å². The second-order valence-corrected chi connectivity index (χ2v) is 2.94. The Kier molecular flexibility index (Phi) is 3.07. The number of nitrogens with zero attached hydrogens (tertiary/aromatic N) is 2. The van der Waals surface area contributed by atoms with Gasteiger partial charge in [0.1, 0.15) is 5.75 Å². The summed E-state index contributed by atoms with van der Waals surface area (Å²) in [4.78, 5) is 17.6. The predicted octanol–water partition coefficient (Wildman–Crippen LogP) is 2.84. The van der Waals surface area contributed by atoms with Gasteiger partial charge >= 0.3 is 0 Å². The summed E-state index contributed by atoms with van der Waals surface area (Å²) in [6.07, 6.45) is 2.98. The molecule has 78 valence electrons. The van der Waals surface area contributed by atoms with E-state index in [2.05, 4.69) is 9.98 Å². The van der Waals surface area contributed by atoms with Crippen molar-refractivity contribution in [2.45, 2.75) is 0 Å². The maximum atomic E-state index is 10.2. The number of aliphatic imine (C=N–C) groups is 1. The minimum atomic E-state index is 0.223. The molecule has 0 bridgehead atoms. The summed E-state index contributed by atoms with van der Waals surface area (Å²) in [5, 5.41) is 0. The highest BCUT2D eigenvalue weighted by Gasteiger charge is 2.03. The fraction of sp³-hybridized carbons (Fsp3) is 0. The lowest BCUT2D eigenvalue weighted by atomic mass is 10.3. The Labute approximate surface area is 92.2 Å². The van der Waals surface area contributed by atoms with Gasteiger partial charge in [0.15, 0.2) is 5.75 Å². The van der Waals surface area contributed by atoms with Crippen LogP contribution < -0.4 is 4.74 Å². The SMILES string of the molecule is O=C=Nc1ncccc1Oc1ccccc1. The van der Waals surface area contributed by atoms with Gasteiger partial charge in [-0.1, -0.05) is 18.2 Å². The summed E-state index contributed by atoms with van der Waals surface area (Å²) >= 11 is 0. The Morgan fingerprint density at radius 1 is 1.12 bits per heavy atom. The molecule has 2 aromatic rings. The first kappa shape index (κ1) is 10.1. The molecule has 1 aromatic carbocycles. The van der Waals surface area contributed by atoms with Crippen molar-refractivity contribution < 1.29 is 9.53 Å². The molecule has 2 rings (SSSR count). The summed E-state index contributed by atoms with van der Waals surface area (Å²) in [7, 11) is 0. The third-order valence-electron chi connectivity index (χ3n) is 1.87. The van der Waals surface area contributed by atoms with E-state index < -0.39 is 0 Å². The molecule has 0 aliphatic carbocycles. The molecule has 0 aliphatic rings. The number of isocyanates is 1. The number of ether oxygens (including phenoxy) is 1. The predicted molar refractivity (Wildman–Crippen MR) is 58.5 cm³/mol. The summed E-state index contributed by atoms with van der Waals surface area (Å²) in [5.41, 5.74) is 0.